The molecule has 0 unspecified atom stereocenters. The van der Waals surface area contributed by atoms with Crippen LogP contribution in [0, 0.1) is 0 Å². The zero-order chi connectivity index (χ0) is 9.42. The van der Waals surface area contributed by atoms with Crippen LogP contribution in [0.1, 0.15) is 30.0 Å². The average molecular weight is 193 g/mol. The number of fused-ring (bicyclic) bond motifs is 1. The van der Waals surface area contributed by atoms with Crippen molar-refractivity contribution in [3.63, 3.8) is 0 Å². The lowest BCUT2D eigenvalue weighted by Gasteiger charge is -2.06. The van der Waals surface area contributed by atoms with E-state index in [1.165, 1.54) is 22.3 Å². The molecular formula is C12H13Cl. The minimum atomic E-state index is 0.846. The summed E-state index contributed by atoms with van der Waals surface area (Å²) >= 11 is 6.03. The quantitative estimate of drug-likeness (QED) is 0.634. The molecule has 0 radical (unpaired) electrons. The van der Waals surface area contributed by atoms with Gasteiger partial charge < -0.3 is 0 Å². The molecule has 0 heterocycles. The lowest BCUT2D eigenvalue weighted by molar-refractivity contribution is 1.02. The summed E-state index contributed by atoms with van der Waals surface area (Å²) in [5.74, 6) is 0. The SMILES string of the molecule is C=C1CCc2c(CC)cc(Cl)cc21. The molecule has 0 bridgehead atoms. The first-order valence-corrected chi connectivity index (χ1v) is 5.09. The van der Waals surface area contributed by atoms with E-state index in [0.717, 1.165) is 24.3 Å². The zero-order valence-corrected chi connectivity index (χ0v) is 8.62. The van der Waals surface area contributed by atoms with Crippen molar-refractivity contribution in [1.29, 1.82) is 0 Å². The van der Waals surface area contributed by atoms with Crippen LogP contribution in [0.2, 0.25) is 5.02 Å². The molecule has 68 valence electrons. The summed E-state index contributed by atoms with van der Waals surface area (Å²) in [6.45, 7) is 6.23. The first-order valence-electron chi connectivity index (χ1n) is 4.72. The van der Waals surface area contributed by atoms with Gasteiger partial charge in [0.15, 0.2) is 0 Å². The molecule has 13 heavy (non-hydrogen) atoms. The van der Waals surface area contributed by atoms with Crippen molar-refractivity contribution in [3.8, 4) is 0 Å². The van der Waals surface area contributed by atoms with E-state index in [2.05, 4.69) is 19.6 Å². The Morgan fingerprint density at radius 3 is 2.85 bits per heavy atom. The fraction of sp³-hybridized carbons (Fsp3) is 0.333. The van der Waals surface area contributed by atoms with Crippen molar-refractivity contribution in [3.05, 3.63) is 40.4 Å². The summed E-state index contributed by atoms with van der Waals surface area (Å²) in [5.41, 5.74) is 5.40. The van der Waals surface area contributed by atoms with Crippen LogP contribution in [-0.4, -0.2) is 0 Å². The lowest BCUT2D eigenvalue weighted by Crippen LogP contribution is -1.90. The predicted molar refractivity (Wildman–Crippen MR) is 58.2 cm³/mol. The molecule has 0 saturated carbocycles. The maximum absolute atomic E-state index is 6.03. The van der Waals surface area contributed by atoms with Gasteiger partial charge in [-0.25, -0.2) is 0 Å². The smallest absolute Gasteiger partial charge is 0.0414 e. The molecule has 1 aliphatic rings. The number of benzene rings is 1. The van der Waals surface area contributed by atoms with Crippen LogP contribution in [0.15, 0.2) is 18.7 Å². The van der Waals surface area contributed by atoms with E-state index in [1.807, 2.05) is 6.07 Å². The van der Waals surface area contributed by atoms with Gasteiger partial charge in [-0.1, -0.05) is 25.1 Å². The molecule has 1 heteroatoms. The van der Waals surface area contributed by atoms with E-state index in [0.29, 0.717) is 0 Å². The van der Waals surface area contributed by atoms with Crippen LogP contribution in [0.25, 0.3) is 5.57 Å². The molecule has 0 amide bonds. The zero-order valence-electron chi connectivity index (χ0n) is 7.86. The number of halogens is 1. The second kappa shape index (κ2) is 3.19. The summed E-state index contributed by atoms with van der Waals surface area (Å²) in [6, 6.07) is 4.13. The first kappa shape index (κ1) is 8.83. The van der Waals surface area contributed by atoms with Gasteiger partial charge in [0.05, 0.1) is 0 Å². The number of hydrogen-bond donors (Lipinski definition) is 0. The van der Waals surface area contributed by atoms with E-state index in [4.69, 9.17) is 11.6 Å². The minimum Gasteiger partial charge on any atom is -0.0952 e. The standard InChI is InChI=1S/C12H13Cl/c1-3-9-6-10(13)7-12-8(2)4-5-11(9)12/h6-7H,2-5H2,1H3. The van der Waals surface area contributed by atoms with Gasteiger partial charge >= 0.3 is 0 Å². The van der Waals surface area contributed by atoms with Crippen LogP contribution in [0.5, 0.6) is 0 Å². The third-order valence-electron chi connectivity index (χ3n) is 2.75. The van der Waals surface area contributed by atoms with Crippen LogP contribution >= 0.6 is 11.6 Å². The topological polar surface area (TPSA) is 0 Å². The molecular weight excluding hydrogens is 180 g/mol. The molecule has 0 aliphatic heterocycles. The van der Waals surface area contributed by atoms with E-state index in [9.17, 15) is 0 Å². The fourth-order valence-corrected chi connectivity index (χ4v) is 2.27. The van der Waals surface area contributed by atoms with Gasteiger partial charge in [0.1, 0.15) is 0 Å². The molecule has 0 nitrogen and oxygen atoms in total. The van der Waals surface area contributed by atoms with Gasteiger partial charge in [-0.3, -0.25) is 0 Å². The summed E-state index contributed by atoms with van der Waals surface area (Å²) in [7, 11) is 0. The molecule has 0 aromatic heterocycles. The number of aryl methyl sites for hydroxylation is 1. The van der Waals surface area contributed by atoms with Crippen LogP contribution in [0.3, 0.4) is 0 Å². The Bertz CT molecular complexity index is 364. The van der Waals surface area contributed by atoms with Gasteiger partial charge in [0.2, 0.25) is 0 Å². The third-order valence-corrected chi connectivity index (χ3v) is 2.96. The Kier molecular flexibility index (Phi) is 2.17. The van der Waals surface area contributed by atoms with Crippen molar-refractivity contribution >= 4 is 17.2 Å². The van der Waals surface area contributed by atoms with Crippen LogP contribution < -0.4 is 0 Å². The lowest BCUT2D eigenvalue weighted by atomic mass is 10.0. The highest BCUT2D eigenvalue weighted by atomic mass is 35.5. The Morgan fingerprint density at radius 1 is 1.38 bits per heavy atom. The van der Waals surface area contributed by atoms with Gasteiger partial charge in [0.25, 0.3) is 0 Å². The predicted octanol–water partition coefficient (Wildman–Crippen LogP) is 3.86. The van der Waals surface area contributed by atoms with Gasteiger partial charge in [-0.2, -0.15) is 0 Å². The summed E-state index contributed by atoms with van der Waals surface area (Å²) in [4.78, 5) is 0. The summed E-state index contributed by atoms with van der Waals surface area (Å²) in [6.07, 6.45) is 3.31. The Labute approximate surface area is 84.2 Å². The van der Waals surface area contributed by atoms with E-state index >= 15 is 0 Å². The highest BCUT2D eigenvalue weighted by Gasteiger charge is 2.17. The van der Waals surface area contributed by atoms with Crippen molar-refractivity contribution in [2.45, 2.75) is 26.2 Å². The average Bonchev–Trinajstić information content (AvgIpc) is 2.47. The molecule has 0 atom stereocenters. The third kappa shape index (κ3) is 1.40. The minimum absolute atomic E-state index is 0.846. The largest absolute Gasteiger partial charge is 0.0952 e. The summed E-state index contributed by atoms with van der Waals surface area (Å²) in [5, 5.41) is 0.846. The maximum atomic E-state index is 6.03. The van der Waals surface area contributed by atoms with Gasteiger partial charge in [-0.05, 0) is 53.7 Å². The highest BCUT2D eigenvalue weighted by Crippen LogP contribution is 2.35. The van der Waals surface area contributed by atoms with Gasteiger partial charge in [-0.15, -0.1) is 0 Å². The Hall–Kier alpha value is -0.750. The molecule has 0 N–H and O–H groups in total. The van der Waals surface area contributed by atoms with E-state index in [1.54, 1.807) is 0 Å². The molecule has 0 fully saturated rings. The highest BCUT2D eigenvalue weighted by molar-refractivity contribution is 6.30. The molecule has 1 aromatic rings. The molecule has 1 aliphatic carbocycles. The first-order chi connectivity index (χ1) is 6.22. The normalized spacial score (nSPS) is 14.8. The second-order valence-corrected chi connectivity index (χ2v) is 3.98. The second-order valence-electron chi connectivity index (χ2n) is 3.55. The van der Waals surface area contributed by atoms with E-state index in [-0.39, 0.29) is 0 Å². The molecule has 0 spiro atoms. The Morgan fingerprint density at radius 2 is 2.15 bits per heavy atom. The molecule has 1 aromatic carbocycles. The Balaban J connectivity index is 2.63. The molecule has 2 rings (SSSR count). The van der Waals surface area contributed by atoms with Crippen molar-refractivity contribution < 1.29 is 0 Å². The number of hydrogen-bond acceptors (Lipinski definition) is 0. The van der Waals surface area contributed by atoms with E-state index < -0.39 is 0 Å². The van der Waals surface area contributed by atoms with Crippen LogP contribution in [-0.2, 0) is 12.8 Å². The monoisotopic (exact) mass is 192 g/mol. The van der Waals surface area contributed by atoms with Crippen molar-refractivity contribution in [1.82, 2.24) is 0 Å². The number of rotatable bonds is 1. The van der Waals surface area contributed by atoms with Crippen molar-refractivity contribution in [2.24, 2.45) is 0 Å². The van der Waals surface area contributed by atoms with Crippen molar-refractivity contribution in [2.75, 3.05) is 0 Å². The fourth-order valence-electron chi connectivity index (χ4n) is 2.03. The number of allylic oxidation sites excluding steroid dienone is 1. The van der Waals surface area contributed by atoms with Gasteiger partial charge in [0, 0.05) is 5.02 Å². The van der Waals surface area contributed by atoms with Crippen LogP contribution in [0.4, 0.5) is 0 Å². The molecule has 0 saturated heterocycles. The maximum Gasteiger partial charge on any atom is 0.0414 e. The summed E-state index contributed by atoms with van der Waals surface area (Å²) < 4.78 is 0.